The maximum absolute atomic E-state index is 5.09. The number of rotatable bonds is 2. The molecular weight excluding hydrogens is 176 g/mol. The van der Waals surface area contributed by atoms with Crippen LogP contribution in [-0.2, 0) is 6.54 Å². The van der Waals surface area contributed by atoms with Gasteiger partial charge in [-0.25, -0.2) is 0 Å². The zero-order valence-corrected chi connectivity index (χ0v) is 8.57. The van der Waals surface area contributed by atoms with Gasteiger partial charge in [0, 0.05) is 24.2 Å². The first-order valence-electron chi connectivity index (χ1n) is 5.50. The van der Waals surface area contributed by atoms with Crippen molar-refractivity contribution in [1.29, 1.82) is 0 Å². The van der Waals surface area contributed by atoms with Gasteiger partial charge in [0.2, 0.25) is 0 Å². The van der Waals surface area contributed by atoms with Gasteiger partial charge in [0.15, 0.2) is 0 Å². The van der Waals surface area contributed by atoms with E-state index in [1.54, 1.807) is 0 Å². The molecule has 0 aromatic carbocycles. The first-order chi connectivity index (χ1) is 6.84. The maximum atomic E-state index is 5.09. The van der Waals surface area contributed by atoms with Gasteiger partial charge in [0.25, 0.3) is 0 Å². The minimum absolute atomic E-state index is 0.842. The SMILES string of the molecule is Cc1oncc1CN1C2CCC1CC2. The van der Waals surface area contributed by atoms with Crippen molar-refractivity contribution >= 4 is 0 Å². The molecule has 3 heteroatoms. The summed E-state index contributed by atoms with van der Waals surface area (Å²) in [5.41, 5.74) is 1.27. The van der Waals surface area contributed by atoms with Crippen LogP contribution in [0.3, 0.4) is 0 Å². The van der Waals surface area contributed by atoms with E-state index >= 15 is 0 Å². The molecule has 0 atom stereocenters. The van der Waals surface area contributed by atoms with E-state index < -0.39 is 0 Å². The molecule has 76 valence electrons. The summed E-state index contributed by atoms with van der Waals surface area (Å²) in [6.45, 7) is 3.05. The first kappa shape index (κ1) is 8.48. The van der Waals surface area contributed by atoms with Crippen molar-refractivity contribution in [2.45, 2.75) is 51.2 Å². The van der Waals surface area contributed by atoms with E-state index in [1.807, 2.05) is 13.1 Å². The number of fused-ring (bicyclic) bond motifs is 2. The molecule has 3 rings (SSSR count). The molecular formula is C11H16N2O. The highest BCUT2D eigenvalue weighted by Gasteiger charge is 2.39. The second-order valence-electron chi connectivity index (χ2n) is 4.54. The Balaban J connectivity index is 1.76. The normalized spacial score (nSPS) is 31.5. The molecule has 2 bridgehead atoms. The lowest BCUT2D eigenvalue weighted by Crippen LogP contribution is -2.27. The average molecular weight is 192 g/mol. The Morgan fingerprint density at radius 2 is 2.00 bits per heavy atom. The van der Waals surface area contributed by atoms with Gasteiger partial charge in [-0.15, -0.1) is 0 Å². The molecule has 2 aliphatic heterocycles. The van der Waals surface area contributed by atoms with E-state index in [1.165, 1.54) is 31.2 Å². The summed E-state index contributed by atoms with van der Waals surface area (Å²) in [5, 5.41) is 3.83. The van der Waals surface area contributed by atoms with Gasteiger partial charge >= 0.3 is 0 Å². The van der Waals surface area contributed by atoms with Crippen LogP contribution in [0.2, 0.25) is 0 Å². The van der Waals surface area contributed by atoms with Crippen LogP contribution in [-0.4, -0.2) is 22.1 Å². The summed E-state index contributed by atoms with van der Waals surface area (Å²) >= 11 is 0. The predicted molar refractivity (Wildman–Crippen MR) is 52.8 cm³/mol. The van der Waals surface area contributed by atoms with Crippen molar-refractivity contribution < 1.29 is 4.52 Å². The van der Waals surface area contributed by atoms with Gasteiger partial charge in [-0.2, -0.15) is 0 Å². The summed E-state index contributed by atoms with van der Waals surface area (Å²) in [7, 11) is 0. The number of hydrogen-bond donors (Lipinski definition) is 0. The summed E-state index contributed by atoms with van der Waals surface area (Å²) in [5.74, 6) is 0.983. The van der Waals surface area contributed by atoms with Crippen molar-refractivity contribution in [3.05, 3.63) is 17.5 Å². The van der Waals surface area contributed by atoms with Gasteiger partial charge in [-0.3, -0.25) is 4.90 Å². The summed E-state index contributed by atoms with van der Waals surface area (Å²) in [6.07, 6.45) is 7.46. The minimum atomic E-state index is 0.842. The molecule has 2 aliphatic rings. The van der Waals surface area contributed by atoms with Crippen LogP contribution < -0.4 is 0 Å². The molecule has 2 fully saturated rings. The van der Waals surface area contributed by atoms with Gasteiger partial charge in [-0.05, 0) is 32.6 Å². The lowest BCUT2D eigenvalue weighted by molar-refractivity contribution is 0.242. The minimum Gasteiger partial charge on any atom is -0.361 e. The molecule has 0 saturated carbocycles. The molecule has 14 heavy (non-hydrogen) atoms. The zero-order chi connectivity index (χ0) is 9.54. The highest BCUT2D eigenvalue weighted by Crippen LogP contribution is 2.38. The highest BCUT2D eigenvalue weighted by molar-refractivity contribution is 5.13. The second kappa shape index (κ2) is 3.09. The standard InChI is InChI=1S/C11H16N2O/c1-8-9(6-12-14-8)7-13-10-2-3-11(13)5-4-10/h6,10-11H,2-5,7H2,1H3. The molecule has 2 saturated heterocycles. The Morgan fingerprint density at radius 3 is 2.50 bits per heavy atom. The quantitative estimate of drug-likeness (QED) is 0.718. The van der Waals surface area contributed by atoms with Crippen LogP contribution in [0.15, 0.2) is 10.7 Å². The fourth-order valence-corrected chi connectivity index (χ4v) is 2.95. The first-order valence-corrected chi connectivity index (χ1v) is 5.50. The highest BCUT2D eigenvalue weighted by atomic mass is 16.5. The van der Waals surface area contributed by atoms with Gasteiger partial charge in [0.05, 0.1) is 6.20 Å². The molecule has 0 radical (unpaired) electrons. The molecule has 3 nitrogen and oxygen atoms in total. The Kier molecular flexibility index (Phi) is 1.87. The lowest BCUT2D eigenvalue weighted by atomic mass is 10.0. The van der Waals surface area contributed by atoms with E-state index in [-0.39, 0.29) is 0 Å². The Hall–Kier alpha value is -0.830. The summed E-state index contributed by atoms with van der Waals surface area (Å²) in [4.78, 5) is 2.64. The molecule has 0 spiro atoms. The molecule has 3 heterocycles. The van der Waals surface area contributed by atoms with Gasteiger partial charge in [0.1, 0.15) is 5.76 Å². The van der Waals surface area contributed by atoms with Crippen LogP contribution in [0.4, 0.5) is 0 Å². The van der Waals surface area contributed by atoms with Crippen LogP contribution in [0, 0.1) is 6.92 Å². The topological polar surface area (TPSA) is 29.3 Å². The van der Waals surface area contributed by atoms with Gasteiger partial charge in [-0.1, -0.05) is 5.16 Å². The lowest BCUT2D eigenvalue weighted by Gasteiger charge is -2.20. The fraction of sp³-hybridized carbons (Fsp3) is 0.727. The van der Waals surface area contributed by atoms with Crippen molar-refractivity contribution in [3.8, 4) is 0 Å². The van der Waals surface area contributed by atoms with E-state index in [9.17, 15) is 0 Å². The van der Waals surface area contributed by atoms with E-state index in [0.717, 1.165) is 24.4 Å². The van der Waals surface area contributed by atoms with E-state index in [2.05, 4.69) is 10.1 Å². The van der Waals surface area contributed by atoms with Crippen LogP contribution in [0.1, 0.15) is 37.0 Å². The fourth-order valence-electron chi connectivity index (χ4n) is 2.95. The van der Waals surface area contributed by atoms with Crippen molar-refractivity contribution in [2.75, 3.05) is 0 Å². The zero-order valence-electron chi connectivity index (χ0n) is 8.57. The third-order valence-corrected chi connectivity index (χ3v) is 3.81. The smallest absolute Gasteiger partial charge is 0.138 e. The number of aryl methyl sites for hydroxylation is 1. The van der Waals surface area contributed by atoms with Crippen molar-refractivity contribution in [1.82, 2.24) is 10.1 Å². The van der Waals surface area contributed by atoms with E-state index in [4.69, 9.17) is 4.52 Å². The van der Waals surface area contributed by atoms with Crippen LogP contribution >= 0.6 is 0 Å². The Bertz CT molecular complexity index is 314. The largest absolute Gasteiger partial charge is 0.361 e. The molecule has 0 N–H and O–H groups in total. The van der Waals surface area contributed by atoms with E-state index in [0.29, 0.717) is 0 Å². The number of aromatic nitrogens is 1. The van der Waals surface area contributed by atoms with Crippen LogP contribution in [0.25, 0.3) is 0 Å². The Labute approximate surface area is 84.1 Å². The second-order valence-corrected chi connectivity index (χ2v) is 4.54. The third kappa shape index (κ3) is 1.19. The number of nitrogens with zero attached hydrogens (tertiary/aromatic N) is 2. The molecule has 0 amide bonds. The van der Waals surface area contributed by atoms with Crippen molar-refractivity contribution in [2.24, 2.45) is 0 Å². The molecule has 1 aromatic rings. The summed E-state index contributed by atoms with van der Waals surface area (Å²) < 4.78 is 5.09. The Morgan fingerprint density at radius 1 is 1.36 bits per heavy atom. The predicted octanol–water partition coefficient (Wildman–Crippen LogP) is 2.11. The molecule has 0 unspecified atom stereocenters. The molecule has 0 aliphatic carbocycles. The van der Waals surface area contributed by atoms with Gasteiger partial charge < -0.3 is 4.52 Å². The van der Waals surface area contributed by atoms with Crippen LogP contribution in [0.5, 0.6) is 0 Å². The molecule has 1 aromatic heterocycles. The average Bonchev–Trinajstić information content (AvgIpc) is 2.86. The monoisotopic (exact) mass is 192 g/mol. The maximum Gasteiger partial charge on any atom is 0.138 e. The summed E-state index contributed by atoms with van der Waals surface area (Å²) in [6, 6.07) is 1.68. The number of hydrogen-bond acceptors (Lipinski definition) is 3. The van der Waals surface area contributed by atoms with Crippen molar-refractivity contribution in [3.63, 3.8) is 0 Å². The third-order valence-electron chi connectivity index (χ3n) is 3.81.